The first-order chi connectivity index (χ1) is 15.0. The number of sulfonamides is 1. The molecule has 0 aliphatic carbocycles. The van der Waals surface area contributed by atoms with Gasteiger partial charge in [0.15, 0.2) is 11.5 Å². The van der Waals surface area contributed by atoms with E-state index in [0.29, 0.717) is 42.8 Å². The molecule has 0 bridgehead atoms. The van der Waals surface area contributed by atoms with E-state index >= 15 is 0 Å². The van der Waals surface area contributed by atoms with Crippen molar-refractivity contribution in [3.63, 3.8) is 0 Å². The Kier molecular flexibility index (Phi) is 6.09. The van der Waals surface area contributed by atoms with Gasteiger partial charge in [0.2, 0.25) is 10.0 Å². The molecule has 4 rings (SSSR count). The minimum Gasteiger partial charge on any atom is -0.465 e. The summed E-state index contributed by atoms with van der Waals surface area (Å²) < 4.78 is 33.9. The van der Waals surface area contributed by atoms with Crippen LogP contribution in [0.15, 0.2) is 42.1 Å². The Morgan fingerprint density at radius 1 is 1.23 bits per heavy atom. The largest absolute Gasteiger partial charge is 0.465 e. The molecule has 0 spiro atoms. The van der Waals surface area contributed by atoms with E-state index < -0.39 is 10.0 Å². The lowest BCUT2D eigenvalue weighted by atomic mass is 9.98. The topological polar surface area (TPSA) is 146 Å². The van der Waals surface area contributed by atoms with Crippen LogP contribution in [0.5, 0.6) is 0 Å². The summed E-state index contributed by atoms with van der Waals surface area (Å²) in [5, 5.41) is 0. The molecule has 0 radical (unpaired) electrons. The molecule has 12 heteroatoms. The van der Waals surface area contributed by atoms with Crippen molar-refractivity contribution >= 4 is 33.0 Å². The number of nitrogens with zero attached hydrogens (tertiary/aromatic N) is 6. The number of ether oxygens (including phenoxy) is 1. The van der Waals surface area contributed by atoms with Gasteiger partial charge in [0.25, 0.3) is 0 Å². The molecule has 0 atom stereocenters. The molecule has 2 N–H and O–H groups in total. The number of hydrogen-bond donors (Lipinski definition) is 1. The first kappa shape index (κ1) is 21.1. The fourth-order valence-electron chi connectivity index (χ4n) is 3.57. The standard InChI is InChI=1S/C19H23N7O4S/c20-17-16-18(23-12-22-17)25(13-24-16)7-2-10-30-19(27)14-4-8-26(9-5-14)31(28,29)15-3-1-6-21-11-15/h1,3,6,11-14H,2,4-5,7-10H2,(H2,20,22,23). The molecule has 164 valence electrons. The molecule has 1 fully saturated rings. The van der Waals surface area contributed by atoms with Gasteiger partial charge in [0, 0.05) is 32.0 Å². The molecule has 31 heavy (non-hydrogen) atoms. The number of hydrogen-bond acceptors (Lipinski definition) is 9. The number of fused-ring (bicyclic) bond motifs is 1. The van der Waals surface area contributed by atoms with E-state index in [0.717, 1.165) is 0 Å². The predicted molar refractivity (Wildman–Crippen MR) is 111 cm³/mol. The third-order valence-electron chi connectivity index (χ3n) is 5.28. The van der Waals surface area contributed by atoms with Crippen LogP contribution in [0.3, 0.4) is 0 Å². The highest BCUT2D eigenvalue weighted by Crippen LogP contribution is 2.24. The van der Waals surface area contributed by atoms with E-state index in [4.69, 9.17) is 10.5 Å². The highest BCUT2D eigenvalue weighted by molar-refractivity contribution is 7.89. The van der Waals surface area contributed by atoms with Crippen molar-refractivity contribution < 1.29 is 17.9 Å². The number of piperidine rings is 1. The van der Waals surface area contributed by atoms with E-state index in [1.165, 1.54) is 29.1 Å². The number of anilines is 1. The summed E-state index contributed by atoms with van der Waals surface area (Å²) in [6.45, 7) is 1.38. The molecule has 4 heterocycles. The molecular weight excluding hydrogens is 422 g/mol. The Bertz CT molecular complexity index is 1160. The van der Waals surface area contributed by atoms with Gasteiger partial charge in [-0.1, -0.05) is 0 Å². The molecule has 11 nitrogen and oxygen atoms in total. The third kappa shape index (κ3) is 4.49. The van der Waals surface area contributed by atoms with Gasteiger partial charge in [-0.2, -0.15) is 4.31 Å². The fourth-order valence-corrected chi connectivity index (χ4v) is 5.00. The number of nitrogen functional groups attached to an aromatic ring is 1. The number of rotatable bonds is 7. The monoisotopic (exact) mass is 445 g/mol. The van der Waals surface area contributed by atoms with Crippen molar-refractivity contribution in [2.45, 2.75) is 30.7 Å². The predicted octanol–water partition coefficient (Wildman–Crippen LogP) is 0.838. The van der Waals surface area contributed by atoms with Gasteiger partial charge >= 0.3 is 5.97 Å². The average molecular weight is 446 g/mol. The molecule has 3 aromatic rings. The maximum Gasteiger partial charge on any atom is 0.309 e. The number of esters is 1. The SMILES string of the molecule is Nc1ncnc2c1ncn2CCCOC(=O)C1CCN(S(=O)(=O)c2cccnc2)CC1. The zero-order chi connectivity index (χ0) is 21.8. The molecule has 1 aliphatic rings. The summed E-state index contributed by atoms with van der Waals surface area (Å²) in [6, 6.07) is 3.11. The second-order valence-corrected chi connectivity index (χ2v) is 9.20. The number of carbonyl (C=O) groups is 1. The molecule has 0 amide bonds. The first-order valence-electron chi connectivity index (χ1n) is 9.95. The zero-order valence-corrected chi connectivity index (χ0v) is 17.6. The maximum atomic E-state index is 12.6. The second kappa shape index (κ2) is 8.94. The van der Waals surface area contributed by atoms with Crippen molar-refractivity contribution in [3.05, 3.63) is 37.2 Å². The molecule has 0 unspecified atom stereocenters. The molecule has 0 saturated carbocycles. The Hall–Kier alpha value is -3.12. The third-order valence-corrected chi connectivity index (χ3v) is 7.16. The van der Waals surface area contributed by atoms with E-state index in [2.05, 4.69) is 19.9 Å². The summed E-state index contributed by atoms with van der Waals surface area (Å²) in [6.07, 6.45) is 7.34. The van der Waals surface area contributed by atoms with Crippen molar-refractivity contribution in [2.24, 2.45) is 5.92 Å². The number of pyridine rings is 1. The Balaban J connectivity index is 1.24. The minimum atomic E-state index is -3.59. The quantitative estimate of drug-likeness (QED) is 0.413. The lowest BCUT2D eigenvalue weighted by Gasteiger charge is -2.30. The lowest BCUT2D eigenvalue weighted by Crippen LogP contribution is -2.40. The van der Waals surface area contributed by atoms with Crippen LogP contribution in [0.2, 0.25) is 0 Å². The Morgan fingerprint density at radius 3 is 2.77 bits per heavy atom. The zero-order valence-electron chi connectivity index (χ0n) is 16.8. The smallest absolute Gasteiger partial charge is 0.309 e. The van der Waals surface area contributed by atoms with Crippen LogP contribution in [0.4, 0.5) is 5.82 Å². The van der Waals surface area contributed by atoms with E-state index in [1.54, 1.807) is 12.4 Å². The number of aromatic nitrogens is 5. The van der Waals surface area contributed by atoms with Crippen molar-refractivity contribution in [2.75, 3.05) is 25.4 Å². The Labute approximate surface area is 179 Å². The summed E-state index contributed by atoms with van der Waals surface area (Å²) in [5.41, 5.74) is 6.96. The molecule has 0 aromatic carbocycles. The number of nitrogens with two attached hydrogens (primary N) is 1. The van der Waals surface area contributed by atoms with Crippen LogP contribution in [0.1, 0.15) is 19.3 Å². The van der Waals surface area contributed by atoms with Gasteiger partial charge in [-0.3, -0.25) is 9.78 Å². The van der Waals surface area contributed by atoms with Crippen LogP contribution in [-0.4, -0.2) is 62.9 Å². The molecule has 1 aliphatic heterocycles. The minimum absolute atomic E-state index is 0.162. The van der Waals surface area contributed by atoms with Gasteiger partial charge in [-0.25, -0.2) is 23.4 Å². The van der Waals surface area contributed by atoms with Crippen molar-refractivity contribution in [1.29, 1.82) is 0 Å². The van der Waals surface area contributed by atoms with Gasteiger partial charge in [-0.15, -0.1) is 0 Å². The highest BCUT2D eigenvalue weighted by Gasteiger charge is 2.32. The van der Waals surface area contributed by atoms with Gasteiger partial charge in [0.1, 0.15) is 16.7 Å². The van der Waals surface area contributed by atoms with E-state index in [1.807, 2.05) is 4.57 Å². The average Bonchev–Trinajstić information content (AvgIpc) is 3.21. The van der Waals surface area contributed by atoms with Crippen molar-refractivity contribution in [1.82, 2.24) is 28.8 Å². The number of imidazole rings is 1. The van der Waals surface area contributed by atoms with Crippen LogP contribution in [-0.2, 0) is 26.1 Å². The van der Waals surface area contributed by atoms with Gasteiger partial charge in [-0.05, 0) is 31.4 Å². The van der Waals surface area contributed by atoms with Crippen LogP contribution >= 0.6 is 0 Å². The molecular formula is C19H23N7O4S. The second-order valence-electron chi connectivity index (χ2n) is 7.26. The van der Waals surface area contributed by atoms with Crippen LogP contribution < -0.4 is 5.73 Å². The van der Waals surface area contributed by atoms with Crippen LogP contribution in [0.25, 0.3) is 11.2 Å². The fraction of sp³-hybridized carbons (Fsp3) is 0.421. The number of aryl methyl sites for hydroxylation is 1. The maximum absolute atomic E-state index is 12.6. The molecule has 1 saturated heterocycles. The lowest BCUT2D eigenvalue weighted by molar-refractivity contribution is -0.150. The Morgan fingerprint density at radius 2 is 2.03 bits per heavy atom. The first-order valence-corrected chi connectivity index (χ1v) is 11.4. The summed E-state index contributed by atoms with van der Waals surface area (Å²) >= 11 is 0. The van der Waals surface area contributed by atoms with Gasteiger partial charge < -0.3 is 15.0 Å². The van der Waals surface area contributed by atoms with Gasteiger partial charge in [0.05, 0.1) is 18.9 Å². The summed E-state index contributed by atoms with van der Waals surface area (Å²) in [7, 11) is -3.59. The molecule has 3 aromatic heterocycles. The highest BCUT2D eigenvalue weighted by atomic mass is 32.2. The van der Waals surface area contributed by atoms with E-state index in [9.17, 15) is 13.2 Å². The number of carbonyl (C=O) groups excluding carboxylic acids is 1. The normalized spacial score (nSPS) is 15.9. The van der Waals surface area contributed by atoms with Crippen LogP contribution in [0, 0.1) is 5.92 Å². The summed E-state index contributed by atoms with van der Waals surface area (Å²) in [5.74, 6) is -0.269. The summed E-state index contributed by atoms with van der Waals surface area (Å²) in [4.78, 5) is 28.7. The van der Waals surface area contributed by atoms with Crippen molar-refractivity contribution in [3.8, 4) is 0 Å². The van der Waals surface area contributed by atoms with E-state index in [-0.39, 0.29) is 36.5 Å².